The summed E-state index contributed by atoms with van der Waals surface area (Å²) in [5, 5.41) is 17.3. The van der Waals surface area contributed by atoms with Crippen molar-refractivity contribution < 1.29 is 14.2 Å². The molecule has 140 valence electrons. The number of nitrogens with zero attached hydrogens (tertiary/aromatic N) is 5. The lowest BCUT2D eigenvalue weighted by molar-refractivity contribution is 0.0338. The van der Waals surface area contributed by atoms with Crippen molar-refractivity contribution in [3.63, 3.8) is 0 Å². The first-order valence-electron chi connectivity index (χ1n) is 8.88. The van der Waals surface area contributed by atoms with E-state index in [1.807, 2.05) is 18.1 Å². The van der Waals surface area contributed by atoms with Crippen molar-refractivity contribution in [2.75, 3.05) is 36.5 Å². The van der Waals surface area contributed by atoms with E-state index in [1.165, 1.54) is 6.20 Å². The minimum atomic E-state index is -0.436. The van der Waals surface area contributed by atoms with Gasteiger partial charge in [0.15, 0.2) is 11.6 Å². The Morgan fingerprint density at radius 1 is 1.31 bits per heavy atom. The zero-order valence-corrected chi connectivity index (χ0v) is 14.7. The first kappa shape index (κ1) is 17.2. The van der Waals surface area contributed by atoms with Crippen LogP contribution in [0.1, 0.15) is 24.4 Å². The molecule has 8 nitrogen and oxygen atoms in total. The number of aromatic nitrogens is 4. The van der Waals surface area contributed by atoms with Crippen molar-refractivity contribution in [1.82, 2.24) is 19.7 Å². The van der Waals surface area contributed by atoms with Crippen molar-refractivity contribution in [3.8, 4) is 0 Å². The molecule has 4 rings (SSSR count). The largest absolute Gasteiger partial charge is 0.393 e. The summed E-state index contributed by atoms with van der Waals surface area (Å²) in [7, 11) is 1.86. The zero-order chi connectivity index (χ0) is 18.1. The Morgan fingerprint density at radius 3 is 2.73 bits per heavy atom. The summed E-state index contributed by atoms with van der Waals surface area (Å²) in [6.07, 6.45) is 6.10. The number of anilines is 2. The molecule has 0 unspecified atom stereocenters. The zero-order valence-electron chi connectivity index (χ0n) is 14.7. The van der Waals surface area contributed by atoms with Crippen LogP contribution in [0.2, 0.25) is 0 Å². The number of halogens is 1. The van der Waals surface area contributed by atoms with Crippen LogP contribution in [0.15, 0.2) is 18.6 Å². The normalized spacial score (nSPS) is 24.2. The molecule has 0 radical (unpaired) electrons. The van der Waals surface area contributed by atoms with Crippen molar-refractivity contribution in [2.24, 2.45) is 13.0 Å². The van der Waals surface area contributed by atoms with E-state index in [9.17, 15) is 9.50 Å². The number of aliphatic hydroxyl groups is 1. The van der Waals surface area contributed by atoms with Gasteiger partial charge in [0.1, 0.15) is 0 Å². The fourth-order valence-electron chi connectivity index (χ4n) is 3.54. The topological polar surface area (TPSA) is 88.3 Å². The van der Waals surface area contributed by atoms with E-state index >= 15 is 0 Å². The molecule has 1 saturated heterocycles. The van der Waals surface area contributed by atoms with Crippen molar-refractivity contribution in [3.05, 3.63) is 30.0 Å². The number of rotatable bonds is 5. The number of aryl methyl sites for hydroxylation is 1. The average Bonchev–Trinajstić information content (AvgIpc) is 3.05. The molecular weight excluding hydrogens is 339 g/mol. The summed E-state index contributed by atoms with van der Waals surface area (Å²) >= 11 is 0. The summed E-state index contributed by atoms with van der Waals surface area (Å²) in [5.74, 6) is 0.497. The Bertz CT molecular complexity index is 757. The van der Waals surface area contributed by atoms with Crippen molar-refractivity contribution in [1.29, 1.82) is 0 Å². The van der Waals surface area contributed by atoms with Crippen molar-refractivity contribution >= 4 is 11.8 Å². The fraction of sp³-hybridized carbons (Fsp3) is 0.588. The van der Waals surface area contributed by atoms with Gasteiger partial charge < -0.3 is 20.1 Å². The van der Waals surface area contributed by atoms with Gasteiger partial charge in [-0.1, -0.05) is 0 Å². The highest BCUT2D eigenvalue weighted by Gasteiger charge is 2.36. The molecule has 2 aliphatic rings. The highest BCUT2D eigenvalue weighted by molar-refractivity contribution is 5.45. The minimum absolute atomic E-state index is 0.0740. The van der Waals surface area contributed by atoms with Gasteiger partial charge in [0.05, 0.1) is 37.8 Å². The maximum Gasteiger partial charge on any atom is 0.225 e. The van der Waals surface area contributed by atoms with Gasteiger partial charge in [-0.15, -0.1) is 0 Å². The molecule has 26 heavy (non-hydrogen) atoms. The van der Waals surface area contributed by atoms with Crippen LogP contribution in [0, 0.1) is 11.7 Å². The molecule has 0 aromatic carbocycles. The lowest BCUT2D eigenvalue weighted by Crippen LogP contribution is -2.38. The summed E-state index contributed by atoms with van der Waals surface area (Å²) in [5.41, 5.74) is 1.00. The second-order valence-corrected chi connectivity index (χ2v) is 6.92. The Balaban J connectivity index is 1.57. The molecule has 1 aliphatic carbocycles. The molecule has 3 heterocycles. The molecule has 1 atom stereocenters. The molecule has 2 N–H and O–H groups in total. The first-order chi connectivity index (χ1) is 12.6. The van der Waals surface area contributed by atoms with E-state index in [2.05, 4.69) is 20.4 Å². The lowest BCUT2D eigenvalue weighted by Gasteiger charge is -2.37. The summed E-state index contributed by atoms with van der Waals surface area (Å²) in [4.78, 5) is 10.4. The third-order valence-corrected chi connectivity index (χ3v) is 5.03. The third kappa shape index (κ3) is 3.49. The van der Waals surface area contributed by atoms with Gasteiger partial charge >= 0.3 is 0 Å². The van der Waals surface area contributed by atoms with Crippen LogP contribution in [0.3, 0.4) is 0 Å². The number of morpholine rings is 1. The van der Waals surface area contributed by atoms with Gasteiger partial charge in [-0.25, -0.2) is 9.37 Å². The standard InChI is InChI=1S/C17H23FN6O2/c1-23-10-12(8-20-23)15(11-6-13(25)7-11)21-17-19-9-14(18)16(22-17)24-2-4-26-5-3-24/h8-11,13,15,25H,2-7H2,1H3,(H,19,21,22)/t11?,13?,15-/m0/s1. The first-order valence-corrected chi connectivity index (χ1v) is 8.88. The maximum atomic E-state index is 14.2. The summed E-state index contributed by atoms with van der Waals surface area (Å²) < 4.78 is 21.3. The van der Waals surface area contributed by atoms with Crippen LogP contribution >= 0.6 is 0 Å². The second kappa shape index (κ2) is 7.16. The molecule has 1 aliphatic heterocycles. The quantitative estimate of drug-likeness (QED) is 0.824. The second-order valence-electron chi connectivity index (χ2n) is 6.92. The minimum Gasteiger partial charge on any atom is -0.393 e. The number of ether oxygens (including phenoxy) is 1. The highest BCUT2D eigenvalue weighted by Crippen LogP contribution is 2.39. The molecule has 1 saturated carbocycles. The Labute approximate surface area is 151 Å². The van der Waals surface area contributed by atoms with Gasteiger partial charge in [-0.05, 0) is 18.8 Å². The van der Waals surface area contributed by atoms with E-state index in [-0.39, 0.29) is 18.1 Å². The molecule has 2 aromatic heterocycles. The van der Waals surface area contributed by atoms with Crippen LogP contribution in [0.5, 0.6) is 0 Å². The Kier molecular flexibility index (Phi) is 4.73. The van der Waals surface area contributed by atoms with E-state index in [1.54, 1.807) is 10.9 Å². The fourth-order valence-corrected chi connectivity index (χ4v) is 3.54. The van der Waals surface area contributed by atoms with E-state index in [4.69, 9.17) is 4.74 Å². The van der Waals surface area contributed by atoms with Crippen LogP contribution < -0.4 is 10.2 Å². The van der Waals surface area contributed by atoms with Crippen molar-refractivity contribution in [2.45, 2.75) is 25.0 Å². The number of aliphatic hydroxyl groups excluding tert-OH is 1. The van der Waals surface area contributed by atoms with Crippen LogP contribution in [0.25, 0.3) is 0 Å². The maximum absolute atomic E-state index is 14.2. The van der Waals surface area contributed by atoms with Gasteiger partial charge in [0, 0.05) is 31.9 Å². The molecule has 0 spiro atoms. The smallest absolute Gasteiger partial charge is 0.225 e. The molecule has 2 fully saturated rings. The van der Waals surface area contributed by atoms with Crippen LogP contribution in [-0.2, 0) is 11.8 Å². The van der Waals surface area contributed by atoms with E-state index in [0.29, 0.717) is 50.9 Å². The van der Waals surface area contributed by atoms with E-state index in [0.717, 1.165) is 5.56 Å². The highest BCUT2D eigenvalue weighted by atomic mass is 19.1. The summed E-state index contributed by atoms with van der Waals surface area (Å²) in [6, 6.07) is -0.0740. The number of hydrogen-bond donors (Lipinski definition) is 2. The Hall–Kier alpha value is -2.26. The van der Waals surface area contributed by atoms with Crippen LogP contribution in [0.4, 0.5) is 16.2 Å². The summed E-state index contributed by atoms with van der Waals surface area (Å²) in [6.45, 7) is 2.33. The molecular formula is C17H23FN6O2. The number of hydrogen-bond acceptors (Lipinski definition) is 7. The Morgan fingerprint density at radius 2 is 2.08 bits per heavy atom. The molecule has 0 bridgehead atoms. The molecule has 9 heteroatoms. The van der Waals surface area contributed by atoms with Gasteiger partial charge in [0.25, 0.3) is 0 Å². The molecule has 2 aromatic rings. The van der Waals surface area contributed by atoms with Gasteiger partial charge in [-0.3, -0.25) is 4.68 Å². The third-order valence-electron chi connectivity index (χ3n) is 5.03. The van der Waals surface area contributed by atoms with Crippen LogP contribution in [-0.4, -0.2) is 57.3 Å². The number of nitrogens with one attached hydrogen (secondary N) is 1. The van der Waals surface area contributed by atoms with E-state index < -0.39 is 5.82 Å². The van der Waals surface area contributed by atoms with Gasteiger partial charge in [-0.2, -0.15) is 10.1 Å². The van der Waals surface area contributed by atoms with Gasteiger partial charge in [0.2, 0.25) is 5.95 Å². The predicted octanol–water partition coefficient (Wildman–Crippen LogP) is 1.11. The molecule has 0 amide bonds. The monoisotopic (exact) mass is 362 g/mol. The average molecular weight is 362 g/mol. The SMILES string of the molecule is Cn1cc([C@@H](Nc2ncc(F)c(N3CCOCC3)n2)C2CC(O)C2)cn1. The lowest BCUT2D eigenvalue weighted by atomic mass is 9.75. The predicted molar refractivity (Wildman–Crippen MR) is 93.3 cm³/mol.